The lowest BCUT2D eigenvalue weighted by Crippen LogP contribution is -2.43. The van der Waals surface area contributed by atoms with Gasteiger partial charge in [-0.1, -0.05) is 26.7 Å². The summed E-state index contributed by atoms with van der Waals surface area (Å²) in [5, 5.41) is 3.42. The minimum absolute atomic E-state index is 0.236. The smallest absolute Gasteiger partial charge is 0.224 e. The van der Waals surface area contributed by atoms with Crippen molar-refractivity contribution in [2.45, 2.75) is 59.4 Å². The Hall–Kier alpha value is -0.570. The predicted molar refractivity (Wildman–Crippen MR) is 64.6 cm³/mol. The van der Waals surface area contributed by atoms with E-state index in [4.69, 9.17) is 5.73 Å². The zero-order chi connectivity index (χ0) is 11.9. The molecule has 0 bridgehead atoms. The summed E-state index contributed by atoms with van der Waals surface area (Å²) in [4.78, 5) is 11.1. The third kappa shape index (κ3) is 5.78. The van der Waals surface area contributed by atoms with E-state index in [-0.39, 0.29) is 5.91 Å². The topological polar surface area (TPSA) is 55.1 Å². The number of amides is 1. The average molecular weight is 214 g/mol. The molecule has 1 atom stereocenters. The number of primary amides is 1. The first-order valence-corrected chi connectivity index (χ1v) is 5.97. The molecule has 0 aliphatic carbocycles. The molecule has 0 saturated carbocycles. The van der Waals surface area contributed by atoms with Gasteiger partial charge in [-0.3, -0.25) is 4.79 Å². The van der Waals surface area contributed by atoms with Crippen LogP contribution in [0.3, 0.4) is 0 Å². The summed E-state index contributed by atoms with van der Waals surface area (Å²) in [6.07, 6.45) is 4.75. The summed E-state index contributed by atoms with van der Waals surface area (Å²) < 4.78 is 0. The monoisotopic (exact) mass is 214 g/mol. The quantitative estimate of drug-likeness (QED) is 0.650. The Balaban J connectivity index is 3.94. The van der Waals surface area contributed by atoms with E-state index in [2.05, 4.69) is 19.2 Å². The first kappa shape index (κ1) is 14.4. The van der Waals surface area contributed by atoms with Gasteiger partial charge < -0.3 is 11.1 Å². The van der Waals surface area contributed by atoms with Gasteiger partial charge in [0.05, 0.1) is 5.41 Å². The lowest BCUT2D eigenvalue weighted by molar-refractivity contribution is -0.125. The minimum Gasteiger partial charge on any atom is -0.369 e. The standard InChI is InChI=1S/C12H26N2O/c1-5-7-8-10(6-2)14-9-12(3,4)11(13)15/h10,14H,5-9H2,1-4H3,(H2,13,15). The van der Waals surface area contributed by atoms with Crippen molar-refractivity contribution in [1.82, 2.24) is 5.32 Å². The summed E-state index contributed by atoms with van der Waals surface area (Å²) in [7, 11) is 0. The molecule has 3 heteroatoms. The molecule has 0 radical (unpaired) electrons. The average Bonchev–Trinajstić information content (AvgIpc) is 2.18. The van der Waals surface area contributed by atoms with E-state index >= 15 is 0 Å². The molecule has 0 rings (SSSR count). The van der Waals surface area contributed by atoms with Crippen molar-refractivity contribution in [2.75, 3.05) is 6.54 Å². The molecule has 0 saturated heterocycles. The molecule has 0 aromatic carbocycles. The normalized spacial score (nSPS) is 13.9. The Morgan fingerprint density at radius 2 is 2.00 bits per heavy atom. The van der Waals surface area contributed by atoms with E-state index in [1.165, 1.54) is 19.3 Å². The number of hydrogen-bond donors (Lipinski definition) is 2. The van der Waals surface area contributed by atoms with Gasteiger partial charge in [-0.05, 0) is 26.7 Å². The molecule has 0 spiro atoms. The van der Waals surface area contributed by atoms with Gasteiger partial charge in [0.1, 0.15) is 0 Å². The van der Waals surface area contributed by atoms with Crippen LogP contribution in [-0.2, 0) is 4.79 Å². The highest BCUT2D eigenvalue weighted by Gasteiger charge is 2.25. The van der Waals surface area contributed by atoms with Crippen molar-refractivity contribution in [3.63, 3.8) is 0 Å². The lowest BCUT2D eigenvalue weighted by Gasteiger charge is -2.25. The number of carbonyl (C=O) groups excluding carboxylic acids is 1. The van der Waals surface area contributed by atoms with E-state index in [0.29, 0.717) is 12.6 Å². The van der Waals surface area contributed by atoms with Crippen LogP contribution in [0.1, 0.15) is 53.4 Å². The first-order valence-electron chi connectivity index (χ1n) is 5.97. The van der Waals surface area contributed by atoms with Crippen LogP contribution in [0.5, 0.6) is 0 Å². The molecular formula is C12H26N2O. The molecule has 0 aromatic heterocycles. The van der Waals surface area contributed by atoms with E-state index in [1.807, 2.05) is 13.8 Å². The molecule has 3 nitrogen and oxygen atoms in total. The second-order valence-electron chi connectivity index (χ2n) is 4.88. The van der Waals surface area contributed by atoms with Gasteiger partial charge in [0.25, 0.3) is 0 Å². The highest BCUT2D eigenvalue weighted by molar-refractivity contribution is 5.80. The van der Waals surface area contributed by atoms with Crippen molar-refractivity contribution in [2.24, 2.45) is 11.1 Å². The lowest BCUT2D eigenvalue weighted by atomic mass is 9.92. The fourth-order valence-corrected chi connectivity index (χ4v) is 1.39. The van der Waals surface area contributed by atoms with Crippen LogP contribution in [0.25, 0.3) is 0 Å². The summed E-state index contributed by atoms with van der Waals surface area (Å²) in [6, 6.07) is 0.517. The van der Waals surface area contributed by atoms with Gasteiger partial charge >= 0.3 is 0 Å². The molecule has 0 aliphatic rings. The molecule has 1 unspecified atom stereocenters. The predicted octanol–water partition coefficient (Wildman–Crippen LogP) is 2.06. The molecular weight excluding hydrogens is 188 g/mol. The van der Waals surface area contributed by atoms with Gasteiger partial charge in [0.2, 0.25) is 5.91 Å². The maximum atomic E-state index is 11.1. The molecule has 3 N–H and O–H groups in total. The van der Waals surface area contributed by atoms with Crippen LogP contribution in [0.2, 0.25) is 0 Å². The number of nitrogens with two attached hydrogens (primary N) is 1. The van der Waals surface area contributed by atoms with Gasteiger partial charge in [-0.15, -0.1) is 0 Å². The molecule has 0 fully saturated rings. The Kier molecular flexibility index (Phi) is 6.57. The summed E-state index contributed by atoms with van der Waals surface area (Å²) in [5.41, 5.74) is 4.87. The number of carbonyl (C=O) groups is 1. The second-order valence-corrected chi connectivity index (χ2v) is 4.88. The van der Waals surface area contributed by atoms with Crippen molar-refractivity contribution in [1.29, 1.82) is 0 Å². The van der Waals surface area contributed by atoms with Crippen LogP contribution in [0.15, 0.2) is 0 Å². The third-order valence-corrected chi connectivity index (χ3v) is 2.90. The van der Waals surface area contributed by atoms with Crippen molar-refractivity contribution in [3.8, 4) is 0 Å². The Morgan fingerprint density at radius 3 is 2.40 bits per heavy atom. The SMILES string of the molecule is CCCCC(CC)NCC(C)(C)C(N)=O. The number of unbranched alkanes of at least 4 members (excludes halogenated alkanes) is 1. The van der Waals surface area contributed by atoms with Gasteiger partial charge in [-0.25, -0.2) is 0 Å². The van der Waals surface area contributed by atoms with E-state index in [0.717, 1.165) is 6.42 Å². The molecule has 0 heterocycles. The fraction of sp³-hybridized carbons (Fsp3) is 0.917. The van der Waals surface area contributed by atoms with Crippen LogP contribution >= 0.6 is 0 Å². The van der Waals surface area contributed by atoms with Crippen molar-refractivity contribution in [3.05, 3.63) is 0 Å². The summed E-state index contributed by atoms with van der Waals surface area (Å²) in [6.45, 7) is 8.80. The largest absolute Gasteiger partial charge is 0.369 e. The van der Waals surface area contributed by atoms with Crippen molar-refractivity contribution < 1.29 is 4.79 Å². The highest BCUT2D eigenvalue weighted by Crippen LogP contribution is 2.13. The first-order chi connectivity index (χ1) is 6.94. The zero-order valence-corrected chi connectivity index (χ0v) is 10.6. The molecule has 15 heavy (non-hydrogen) atoms. The maximum absolute atomic E-state index is 11.1. The van der Waals surface area contributed by atoms with E-state index in [1.54, 1.807) is 0 Å². The van der Waals surface area contributed by atoms with Crippen LogP contribution in [0.4, 0.5) is 0 Å². The van der Waals surface area contributed by atoms with Gasteiger partial charge in [-0.2, -0.15) is 0 Å². The van der Waals surface area contributed by atoms with Crippen LogP contribution in [0, 0.1) is 5.41 Å². The summed E-state index contributed by atoms with van der Waals surface area (Å²) >= 11 is 0. The van der Waals surface area contributed by atoms with Gasteiger partial charge in [0, 0.05) is 12.6 Å². The summed E-state index contributed by atoms with van der Waals surface area (Å²) in [5.74, 6) is -0.236. The Morgan fingerprint density at radius 1 is 1.40 bits per heavy atom. The highest BCUT2D eigenvalue weighted by atomic mass is 16.1. The Bertz CT molecular complexity index is 190. The molecule has 90 valence electrons. The zero-order valence-electron chi connectivity index (χ0n) is 10.6. The van der Waals surface area contributed by atoms with Crippen LogP contribution < -0.4 is 11.1 Å². The molecule has 1 amide bonds. The Labute approximate surface area is 93.8 Å². The van der Waals surface area contributed by atoms with E-state index < -0.39 is 5.41 Å². The minimum atomic E-state index is -0.445. The fourth-order valence-electron chi connectivity index (χ4n) is 1.39. The van der Waals surface area contributed by atoms with Gasteiger partial charge in [0.15, 0.2) is 0 Å². The maximum Gasteiger partial charge on any atom is 0.224 e. The van der Waals surface area contributed by atoms with Crippen LogP contribution in [-0.4, -0.2) is 18.5 Å². The van der Waals surface area contributed by atoms with Crippen molar-refractivity contribution >= 4 is 5.91 Å². The van der Waals surface area contributed by atoms with E-state index in [9.17, 15) is 4.79 Å². The second kappa shape index (κ2) is 6.83. The molecule has 0 aliphatic heterocycles. The number of nitrogens with one attached hydrogen (secondary N) is 1. The third-order valence-electron chi connectivity index (χ3n) is 2.90. The number of rotatable bonds is 8. The molecule has 0 aromatic rings. The number of hydrogen-bond acceptors (Lipinski definition) is 2.